The van der Waals surface area contributed by atoms with E-state index >= 15 is 0 Å². The molecule has 0 radical (unpaired) electrons. The van der Waals surface area contributed by atoms with Crippen LogP contribution >= 0.6 is 0 Å². The molecule has 0 bridgehead atoms. The lowest BCUT2D eigenvalue weighted by atomic mass is 10.3. The van der Waals surface area contributed by atoms with E-state index in [2.05, 4.69) is 16.8 Å². The van der Waals surface area contributed by atoms with Gasteiger partial charge in [-0.25, -0.2) is 8.42 Å². The Balaban J connectivity index is 2.34. The van der Waals surface area contributed by atoms with Gasteiger partial charge >= 0.3 is 0 Å². The Hall–Kier alpha value is -1.50. The van der Waals surface area contributed by atoms with Gasteiger partial charge in [0.15, 0.2) is 0 Å². The molecule has 1 aromatic rings. The number of aromatic nitrogens is 1. The average Bonchev–Trinajstić information content (AvgIpc) is 2.53. The fourth-order valence-corrected chi connectivity index (χ4v) is 3.59. The molecule has 1 aromatic heterocycles. The van der Waals surface area contributed by atoms with Gasteiger partial charge in [-0.2, -0.15) is 4.31 Å². The lowest BCUT2D eigenvalue weighted by molar-refractivity contribution is 0.0109. The maximum Gasteiger partial charge on any atom is 0.245 e. The smallest absolute Gasteiger partial charge is 0.245 e. The summed E-state index contributed by atoms with van der Waals surface area (Å²) < 4.78 is 31.7. The van der Waals surface area contributed by atoms with E-state index in [9.17, 15) is 13.5 Å². The molecule has 7 nitrogen and oxygen atoms in total. The molecule has 0 amide bonds. The standard InChI is InChI=1S/C13H17N3O4S/c14-3-1-2-11-6-13(8-15-7-11)21(18,19)16-4-5-20-10-12(16)9-17/h6-8,12,17H,3-5,9-10,14H2. The van der Waals surface area contributed by atoms with Gasteiger partial charge in [0.2, 0.25) is 10.0 Å². The van der Waals surface area contributed by atoms with Crippen molar-refractivity contribution in [3.8, 4) is 11.8 Å². The molecule has 0 spiro atoms. The highest BCUT2D eigenvalue weighted by atomic mass is 32.2. The summed E-state index contributed by atoms with van der Waals surface area (Å²) in [6.45, 7) is 0.574. The number of pyridine rings is 1. The van der Waals surface area contributed by atoms with E-state index in [-0.39, 0.29) is 31.2 Å². The normalized spacial score (nSPS) is 19.8. The zero-order valence-electron chi connectivity index (χ0n) is 11.4. The van der Waals surface area contributed by atoms with Crippen molar-refractivity contribution in [3.05, 3.63) is 24.0 Å². The Morgan fingerprint density at radius 2 is 2.33 bits per heavy atom. The number of hydrogen-bond donors (Lipinski definition) is 2. The van der Waals surface area contributed by atoms with Gasteiger partial charge < -0.3 is 15.6 Å². The van der Waals surface area contributed by atoms with Crippen molar-refractivity contribution in [1.29, 1.82) is 0 Å². The van der Waals surface area contributed by atoms with Crippen LogP contribution < -0.4 is 5.73 Å². The molecule has 0 aromatic carbocycles. The lowest BCUT2D eigenvalue weighted by Gasteiger charge is -2.33. The highest BCUT2D eigenvalue weighted by Crippen LogP contribution is 2.20. The van der Waals surface area contributed by atoms with Crippen molar-refractivity contribution < 1.29 is 18.3 Å². The van der Waals surface area contributed by atoms with Crippen molar-refractivity contribution in [2.75, 3.05) is 32.9 Å². The van der Waals surface area contributed by atoms with Crippen LogP contribution in [0.25, 0.3) is 0 Å². The third-order valence-electron chi connectivity index (χ3n) is 3.04. The molecule has 21 heavy (non-hydrogen) atoms. The SMILES string of the molecule is NCC#Cc1cncc(S(=O)(=O)N2CCOCC2CO)c1. The van der Waals surface area contributed by atoms with Crippen LogP contribution in [-0.4, -0.2) is 61.8 Å². The van der Waals surface area contributed by atoms with Crippen LogP contribution in [0.5, 0.6) is 0 Å². The van der Waals surface area contributed by atoms with E-state index in [1.54, 1.807) is 0 Å². The number of hydrogen-bond acceptors (Lipinski definition) is 6. The molecule has 0 aliphatic carbocycles. The summed E-state index contributed by atoms with van der Waals surface area (Å²) in [6, 6.07) is 0.872. The first kappa shape index (κ1) is 15.9. The maximum absolute atomic E-state index is 12.6. The van der Waals surface area contributed by atoms with E-state index in [4.69, 9.17) is 10.5 Å². The van der Waals surface area contributed by atoms with Gasteiger partial charge in [0, 0.05) is 24.5 Å². The number of rotatable bonds is 3. The van der Waals surface area contributed by atoms with E-state index in [0.717, 1.165) is 0 Å². The van der Waals surface area contributed by atoms with Crippen molar-refractivity contribution in [2.24, 2.45) is 5.73 Å². The first-order valence-corrected chi connectivity index (χ1v) is 7.88. The topological polar surface area (TPSA) is 106 Å². The van der Waals surface area contributed by atoms with Gasteiger partial charge in [-0.15, -0.1) is 0 Å². The number of nitrogens with zero attached hydrogens (tertiary/aromatic N) is 2. The lowest BCUT2D eigenvalue weighted by Crippen LogP contribution is -2.50. The number of sulfonamides is 1. The monoisotopic (exact) mass is 311 g/mol. The van der Waals surface area contributed by atoms with Gasteiger partial charge in [-0.3, -0.25) is 4.98 Å². The molecule has 0 saturated carbocycles. The zero-order chi connectivity index (χ0) is 15.3. The Labute approximate surface area is 123 Å². The number of aliphatic hydroxyl groups is 1. The predicted octanol–water partition coefficient (Wildman–Crippen LogP) is -1.23. The third-order valence-corrected chi connectivity index (χ3v) is 4.96. The van der Waals surface area contributed by atoms with Gasteiger partial charge in [-0.05, 0) is 6.07 Å². The highest BCUT2D eigenvalue weighted by molar-refractivity contribution is 7.89. The summed E-state index contributed by atoms with van der Waals surface area (Å²) in [5.41, 5.74) is 5.77. The summed E-state index contributed by atoms with van der Waals surface area (Å²) in [7, 11) is -3.74. The first-order chi connectivity index (χ1) is 10.1. The van der Waals surface area contributed by atoms with Crippen LogP contribution in [0.4, 0.5) is 0 Å². The van der Waals surface area contributed by atoms with Crippen molar-refractivity contribution in [3.63, 3.8) is 0 Å². The number of morpholine rings is 1. The minimum absolute atomic E-state index is 0.0478. The molecule has 1 saturated heterocycles. The maximum atomic E-state index is 12.6. The zero-order valence-corrected chi connectivity index (χ0v) is 12.2. The van der Waals surface area contributed by atoms with Crippen LogP contribution in [0, 0.1) is 11.8 Å². The number of nitrogens with two attached hydrogens (primary N) is 1. The molecule has 1 fully saturated rings. The van der Waals surface area contributed by atoms with Crippen molar-refractivity contribution >= 4 is 10.0 Å². The quantitative estimate of drug-likeness (QED) is 0.677. The predicted molar refractivity (Wildman–Crippen MR) is 75.8 cm³/mol. The van der Waals surface area contributed by atoms with Crippen LogP contribution in [0.1, 0.15) is 5.56 Å². The summed E-state index contributed by atoms with van der Waals surface area (Å²) in [6.07, 6.45) is 2.75. The number of aliphatic hydroxyl groups excluding tert-OH is 1. The summed E-state index contributed by atoms with van der Waals surface area (Å²) in [5, 5.41) is 9.30. The van der Waals surface area contributed by atoms with Crippen LogP contribution in [0.2, 0.25) is 0 Å². The van der Waals surface area contributed by atoms with Gasteiger partial charge in [0.05, 0.1) is 32.4 Å². The highest BCUT2D eigenvalue weighted by Gasteiger charge is 2.33. The fourth-order valence-electron chi connectivity index (χ4n) is 2.02. The Morgan fingerprint density at radius 3 is 3.05 bits per heavy atom. The molecule has 3 N–H and O–H groups in total. The Bertz CT molecular complexity index is 651. The molecule has 8 heteroatoms. The molecular formula is C13H17N3O4S. The minimum atomic E-state index is -3.74. The second kappa shape index (κ2) is 6.98. The van der Waals surface area contributed by atoms with E-state index in [1.807, 2.05) is 0 Å². The number of ether oxygens (including phenoxy) is 1. The molecule has 2 heterocycles. The summed E-state index contributed by atoms with van der Waals surface area (Å²) >= 11 is 0. The molecular weight excluding hydrogens is 294 g/mol. The van der Waals surface area contributed by atoms with E-state index in [1.165, 1.54) is 22.8 Å². The molecule has 2 rings (SSSR count). The van der Waals surface area contributed by atoms with Crippen molar-refractivity contribution in [1.82, 2.24) is 9.29 Å². The Morgan fingerprint density at radius 1 is 1.52 bits per heavy atom. The Kier molecular flexibility index (Phi) is 5.27. The molecule has 1 unspecified atom stereocenters. The van der Waals surface area contributed by atoms with Gasteiger partial charge in [-0.1, -0.05) is 11.8 Å². The average molecular weight is 311 g/mol. The molecule has 1 atom stereocenters. The molecule has 114 valence electrons. The van der Waals surface area contributed by atoms with Crippen molar-refractivity contribution in [2.45, 2.75) is 10.9 Å². The largest absolute Gasteiger partial charge is 0.395 e. The van der Waals surface area contributed by atoms with E-state index < -0.39 is 16.1 Å². The van der Waals surface area contributed by atoms with Gasteiger partial charge in [0.1, 0.15) is 4.90 Å². The first-order valence-electron chi connectivity index (χ1n) is 6.44. The second-order valence-corrected chi connectivity index (χ2v) is 6.33. The third kappa shape index (κ3) is 3.58. The van der Waals surface area contributed by atoms with E-state index in [0.29, 0.717) is 12.2 Å². The summed E-state index contributed by atoms with van der Waals surface area (Å²) in [4.78, 5) is 3.95. The summed E-state index contributed by atoms with van der Waals surface area (Å²) in [5.74, 6) is 5.40. The molecule has 1 aliphatic rings. The van der Waals surface area contributed by atoms with Crippen LogP contribution in [0.15, 0.2) is 23.4 Å². The fraction of sp³-hybridized carbons (Fsp3) is 0.462. The second-order valence-electron chi connectivity index (χ2n) is 4.44. The van der Waals surface area contributed by atoms with Crippen LogP contribution in [-0.2, 0) is 14.8 Å². The molecule has 1 aliphatic heterocycles. The van der Waals surface area contributed by atoms with Crippen LogP contribution in [0.3, 0.4) is 0 Å². The minimum Gasteiger partial charge on any atom is -0.395 e. The van der Waals surface area contributed by atoms with Gasteiger partial charge in [0.25, 0.3) is 0 Å².